The Morgan fingerprint density at radius 3 is 2.33 bits per heavy atom. The third-order valence-corrected chi connectivity index (χ3v) is 4.65. The summed E-state index contributed by atoms with van der Waals surface area (Å²) in [5.74, 6) is 0.759. The Morgan fingerprint density at radius 1 is 0.963 bits per heavy atom. The molecule has 1 heterocycles. The van der Waals surface area contributed by atoms with E-state index in [4.69, 9.17) is 4.42 Å². The van der Waals surface area contributed by atoms with E-state index in [1.54, 1.807) is 6.26 Å². The van der Waals surface area contributed by atoms with Crippen LogP contribution in [-0.2, 0) is 4.79 Å². The number of furan rings is 1. The van der Waals surface area contributed by atoms with Gasteiger partial charge in [-0.3, -0.25) is 10.1 Å². The SMILES string of the molecule is CC[C@H](NC(=O)CN[C@H](c1ccccc1)c1ccco1)c1ccc(C)cc1. The topological polar surface area (TPSA) is 54.3 Å². The molecule has 2 aromatic carbocycles. The van der Waals surface area contributed by atoms with Gasteiger partial charge in [0.2, 0.25) is 5.91 Å². The first-order valence-corrected chi connectivity index (χ1v) is 9.35. The molecule has 1 aromatic heterocycles. The zero-order valence-electron chi connectivity index (χ0n) is 15.8. The van der Waals surface area contributed by atoms with Crippen molar-refractivity contribution in [1.82, 2.24) is 10.6 Å². The van der Waals surface area contributed by atoms with Gasteiger partial charge in [-0.05, 0) is 36.6 Å². The van der Waals surface area contributed by atoms with Crippen LogP contribution in [0.3, 0.4) is 0 Å². The standard InChI is InChI=1S/C23H26N2O2/c1-3-20(18-13-11-17(2)12-14-18)25-22(26)16-24-23(21-10-7-15-27-21)19-8-5-4-6-9-19/h4-15,20,23-24H,3,16H2,1-2H3,(H,25,26)/t20-,23+/m0/s1. The van der Waals surface area contributed by atoms with Gasteiger partial charge in [-0.15, -0.1) is 0 Å². The minimum absolute atomic E-state index is 0.0127. The lowest BCUT2D eigenvalue weighted by Crippen LogP contribution is -2.37. The van der Waals surface area contributed by atoms with Crippen molar-refractivity contribution in [2.24, 2.45) is 0 Å². The Bertz CT molecular complexity index is 827. The molecule has 3 rings (SSSR count). The highest BCUT2D eigenvalue weighted by Crippen LogP contribution is 2.22. The van der Waals surface area contributed by atoms with E-state index in [2.05, 4.69) is 48.7 Å². The Labute approximate surface area is 160 Å². The van der Waals surface area contributed by atoms with Crippen molar-refractivity contribution in [3.63, 3.8) is 0 Å². The van der Waals surface area contributed by atoms with Gasteiger partial charge in [0.25, 0.3) is 0 Å². The van der Waals surface area contributed by atoms with Gasteiger partial charge in [0.15, 0.2) is 0 Å². The maximum Gasteiger partial charge on any atom is 0.234 e. The molecule has 0 saturated carbocycles. The van der Waals surface area contributed by atoms with Crippen molar-refractivity contribution >= 4 is 5.91 Å². The van der Waals surface area contributed by atoms with Gasteiger partial charge in [0.05, 0.1) is 24.9 Å². The van der Waals surface area contributed by atoms with Gasteiger partial charge in [-0.1, -0.05) is 67.1 Å². The fourth-order valence-electron chi connectivity index (χ4n) is 3.14. The lowest BCUT2D eigenvalue weighted by molar-refractivity contribution is -0.121. The summed E-state index contributed by atoms with van der Waals surface area (Å²) < 4.78 is 5.57. The van der Waals surface area contributed by atoms with E-state index >= 15 is 0 Å². The van der Waals surface area contributed by atoms with E-state index in [1.807, 2.05) is 42.5 Å². The van der Waals surface area contributed by atoms with Crippen molar-refractivity contribution in [2.75, 3.05) is 6.54 Å². The van der Waals surface area contributed by atoms with Crippen molar-refractivity contribution in [2.45, 2.75) is 32.4 Å². The summed E-state index contributed by atoms with van der Waals surface area (Å²) in [5.41, 5.74) is 3.40. The molecule has 2 atom stereocenters. The summed E-state index contributed by atoms with van der Waals surface area (Å²) in [6.07, 6.45) is 2.49. The molecule has 0 aliphatic heterocycles. The van der Waals surface area contributed by atoms with Crippen LogP contribution in [0.15, 0.2) is 77.4 Å². The van der Waals surface area contributed by atoms with E-state index < -0.39 is 0 Å². The number of nitrogens with one attached hydrogen (secondary N) is 2. The largest absolute Gasteiger partial charge is 0.467 e. The first-order chi connectivity index (χ1) is 13.2. The number of amides is 1. The second kappa shape index (κ2) is 9.19. The molecule has 0 unspecified atom stereocenters. The fourth-order valence-corrected chi connectivity index (χ4v) is 3.14. The average Bonchev–Trinajstić information content (AvgIpc) is 3.22. The zero-order chi connectivity index (χ0) is 19.1. The molecule has 1 amide bonds. The summed E-state index contributed by atoms with van der Waals surface area (Å²) in [7, 11) is 0. The molecule has 4 heteroatoms. The first-order valence-electron chi connectivity index (χ1n) is 9.35. The fraction of sp³-hybridized carbons (Fsp3) is 0.261. The monoisotopic (exact) mass is 362 g/mol. The molecule has 0 radical (unpaired) electrons. The normalized spacial score (nSPS) is 13.1. The smallest absolute Gasteiger partial charge is 0.234 e. The van der Waals surface area contributed by atoms with Crippen molar-refractivity contribution < 1.29 is 9.21 Å². The molecule has 3 aromatic rings. The number of rotatable bonds is 8. The van der Waals surface area contributed by atoms with Crippen LogP contribution in [0.2, 0.25) is 0 Å². The predicted molar refractivity (Wildman–Crippen MR) is 107 cm³/mol. The predicted octanol–water partition coefficient (Wildman–Crippen LogP) is 4.53. The maximum atomic E-state index is 12.6. The van der Waals surface area contributed by atoms with Crippen LogP contribution >= 0.6 is 0 Å². The van der Waals surface area contributed by atoms with Crippen molar-refractivity contribution in [3.8, 4) is 0 Å². The molecule has 0 bridgehead atoms. The van der Waals surface area contributed by atoms with Crippen LogP contribution in [0, 0.1) is 6.92 Å². The third-order valence-electron chi connectivity index (χ3n) is 4.65. The lowest BCUT2D eigenvalue weighted by atomic mass is 10.0. The second-order valence-electron chi connectivity index (χ2n) is 6.68. The third kappa shape index (κ3) is 5.08. The minimum Gasteiger partial charge on any atom is -0.467 e. The molecule has 0 fully saturated rings. The number of hydrogen-bond acceptors (Lipinski definition) is 3. The number of benzene rings is 2. The Hall–Kier alpha value is -2.85. The molecule has 2 N–H and O–H groups in total. The van der Waals surface area contributed by atoms with Gasteiger partial charge in [0.1, 0.15) is 5.76 Å². The molecule has 4 nitrogen and oxygen atoms in total. The molecule has 0 aliphatic carbocycles. The zero-order valence-corrected chi connectivity index (χ0v) is 15.8. The van der Waals surface area contributed by atoms with Crippen LogP contribution in [0.1, 0.15) is 47.9 Å². The summed E-state index contributed by atoms with van der Waals surface area (Å²) in [5, 5.41) is 6.44. The Balaban J connectivity index is 1.64. The molecule has 27 heavy (non-hydrogen) atoms. The van der Waals surface area contributed by atoms with Crippen molar-refractivity contribution in [1.29, 1.82) is 0 Å². The van der Waals surface area contributed by atoms with E-state index in [-0.39, 0.29) is 24.5 Å². The van der Waals surface area contributed by atoms with Gasteiger partial charge >= 0.3 is 0 Å². The lowest BCUT2D eigenvalue weighted by Gasteiger charge is -2.20. The second-order valence-corrected chi connectivity index (χ2v) is 6.68. The van der Waals surface area contributed by atoms with Crippen LogP contribution in [0.25, 0.3) is 0 Å². The highest BCUT2D eigenvalue weighted by atomic mass is 16.3. The van der Waals surface area contributed by atoms with Crippen LogP contribution < -0.4 is 10.6 Å². The summed E-state index contributed by atoms with van der Waals surface area (Å²) in [4.78, 5) is 12.6. The molecule has 0 saturated heterocycles. The van der Waals surface area contributed by atoms with E-state index in [0.29, 0.717) is 0 Å². The summed E-state index contributed by atoms with van der Waals surface area (Å²) >= 11 is 0. The highest BCUT2D eigenvalue weighted by molar-refractivity contribution is 5.78. The number of aryl methyl sites for hydroxylation is 1. The molecular formula is C23H26N2O2. The van der Waals surface area contributed by atoms with Gasteiger partial charge in [0, 0.05) is 0 Å². The molecule has 0 aliphatic rings. The highest BCUT2D eigenvalue weighted by Gasteiger charge is 2.19. The number of carbonyl (C=O) groups excluding carboxylic acids is 1. The van der Waals surface area contributed by atoms with Gasteiger partial charge < -0.3 is 9.73 Å². The molecular weight excluding hydrogens is 336 g/mol. The van der Waals surface area contributed by atoms with Crippen molar-refractivity contribution in [3.05, 3.63) is 95.4 Å². The van der Waals surface area contributed by atoms with E-state index in [9.17, 15) is 4.79 Å². The number of hydrogen-bond donors (Lipinski definition) is 2. The maximum absolute atomic E-state index is 12.6. The quantitative estimate of drug-likeness (QED) is 0.619. The summed E-state index contributed by atoms with van der Waals surface area (Å²) in [6.45, 7) is 4.35. The molecule has 0 spiro atoms. The van der Waals surface area contributed by atoms with Gasteiger partial charge in [-0.25, -0.2) is 0 Å². The first kappa shape index (κ1) is 18.9. The molecule has 140 valence electrons. The van der Waals surface area contributed by atoms with E-state index in [0.717, 1.165) is 23.3 Å². The Kier molecular flexibility index (Phi) is 6.44. The minimum atomic E-state index is -0.161. The van der Waals surface area contributed by atoms with Crippen LogP contribution in [0.5, 0.6) is 0 Å². The Morgan fingerprint density at radius 2 is 1.70 bits per heavy atom. The van der Waals surface area contributed by atoms with Crippen LogP contribution in [-0.4, -0.2) is 12.5 Å². The summed E-state index contributed by atoms with van der Waals surface area (Å²) in [6, 6.07) is 21.9. The van der Waals surface area contributed by atoms with E-state index in [1.165, 1.54) is 5.56 Å². The number of carbonyl (C=O) groups is 1. The van der Waals surface area contributed by atoms with Crippen LogP contribution in [0.4, 0.5) is 0 Å². The average molecular weight is 362 g/mol. The van der Waals surface area contributed by atoms with Gasteiger partial charge in [-0.2, -0.15) is 0 Å².